The molecule has 4 saturated carbocycles. The van der Waals surface area contributed by atoms with Gasteiger partial charge in [0.15, 0.2) is 6.29 Å². The average Bonchev–Trinajstić information content (AvgIpc) is 3.17. The topological polar surface area (TPSA) is 55.8 Å². The van der Waals surface area contributed by atoms with Gasteiger partial charge in [-0.05, 0) is 112 Å². The molecule has 1 N–H and O–H groups in total. The van der Waals surface area contributed by atoms with Crippen LogP contribution in [-0.4, -0.2) is 30.1 Å². The first kappa shape index (κ1) is 24.1. The SMILES string of the molecule is C[C@H](CCC(=O)O)[C@H]1CC[C@H]2[C@@H]3CC[C@@H]4CCCC[C@]4(C)[C@H]3C[C@H](OC3CCCCO3)[C@]12C. The van der Waals surface area contributed by atoms with Crippen LogP contribution in [0.1, 0.15) is 111 Å². The molecule has 4 heteroatoms. The lowest BCUT2D eigenvalue weighted by Gasteiger charge is -2.63. The largest absolute Gasteiger partial charge is 0.481 e. The Balaban J connectivity index is 1.44. The molecule has 0 aromatic rings. The van der Waals surface area contributed by atoms with Crippen molar-refractivity contribution in [3.63, 3.8) is 0 Å². The van der Waals surface area contributed by atoms with Gasteiger partial charge in [-0.1, -0.05) is 33.6 Å². The van der Waals surface area contributed by atoms with Crippen LogP contribution < -0.4 is 0 Å². The van der Waals surface area contributed by atoms with Crippen molar-refractivity contribution < 1.29 is 19.4 Å². The van der Waals surface area contributed by atoms with Gasteiger partial charge in [-0.3, -0.25) is 4.79 Å². The highest BCUT2D eigenvalue weighted by Crippen LogP contribution is 2.69. The molecule has 1 saturated heterocycles. The average molecular weight is 461 g/mol. The van der Waals surface area contributed by atoms with Gasteiger partial charge in [0.05, 0.1) is 6.10 Å². The molecule has 0 radical (unpaired) electrons. The van der Waals surface area contributed by atoms with Crippen molar-refractivity contribution in [3.8, 4) is 0 Å². The number of hydrogen-bond donors (Lipinski definition) is 1. The highest BCUT2D eigenvalue weighted by atomic mass is 16.7. The smallest absolute Gasteiger partial charge is 0.303 e. The number of rotatable bonds is 6. The van der Waals surface area contributed by atoms with Gasteiger partial charge in [-0.2, -0.15) is 0 Å². The zero-order chi connectivity index (χ0) is 23.2. The van der Waals surface area contributed by atoms with Gasteiger partial charge in [0, 0.05) is 18.4 Å². The Morgan fingerprint density at radius 2 is 1.85 bits per heavy atom. The summed E-state index contributed by atoms with van der Waals surface area (Å²) in [5, 5.41) is 9.32. The van der Waals surface area contributed by atoms with Crippen molar-refractivity contribution in [3.05, 3.63) is 0 Å². The molecule has 188 valence electrons. The van der Waals surface area contributed by atoms with E-state index < -0.39 is 5.97 Å². The van der Waals surface area contributed by atoms with Crippen molar-refractivity contribution in [1.82, 2.24) is 0 Å². The number of fused-ring (bicyclic) bond motifs is 5. The van der Waals surface area contributed by atoms with E-state index in [1.54, 1.807) is 0 Å². The molecule has 4 aliphatic carbocycles. The monoisotopic (exact) mass is 460 g/mol. The molecule has 1 unspecified atom stereocenters. The van der Waals surface area contributed by atoms with Crippen LogP contribution in [0.3, 0.4) is 0 Å². The number of hydrogen-bond acceptors (Lipinski definition) is 3. The van der Waals surface area contributed by atoms with Crippen LogP contribution in [0.15, 0.2) is 0 Å². The van der Waals surface area contributed by atoms with E-state index >= 15 is 0 Å². The van der Waals surface area contributed by atoms with E-state index in [1.807, 2.05) is 0 Å². The Labute approximate surface area is 201 Å². The highest BCUT2D eigenvalue weighted by Gasteiger charge is 2.64. The molecule has 0 spiro atoms. The second-order valence-corrected chi connectivity index (χ2v) is 13.0. The molecule has 0 aromatic heterocycles. The molecule has 5 rings (SSSR count). The normalized spacial score (nSPS) is 48.4. The minimum Gasteiger partial charge on any atom is -0.481 e. The van der Waals surface area contributed by atoms with Crippen LogP contribution in [0.4, 0.5) is 0 Å². The molecular weight excluding hydrogens is 412 g/mol. The van der Waals surface area contributed by atoms with Gasteiger partial charge in [-0.25, -0.2) is 0 Å². The fourth-order valence-electron chi connectivity index (χ4n) is 9.95. The van der Waals surface area contributed by atoms with Gasteiger partial charge in [0.25, 0.3) is 0 Å². The zero-order valence-corrected chi connectivity index (χ0v) is 21.4. The Bertz CT molecular complexity index is 702. The maximum Gasteiger partial charge on any atom is 0.303 e. The summed E-state index contributed by atoms with van der Waals surface area (Å²) in [7, 11) is 0. The summed E-state index contributed by atoms with van der Waals surface area (Å²) in [6.07, 6.45) is 17.0. The third-order valence-corrected chi connectivity index (χ3v) is 11.7. The fourth-order valence-corrected chi connectivity index (χ4v) is 9.95. The van der Waals surface area contributed by atoms with Crippen molar-refractivity contribution >= 4 is 5.97 Å². The fraction of sp³-hybridized carbons (Fsp3) is 0.966. The predicted molar refractivity (Wildman–Crippen MR) is 130 cm³/mol. The molecule has 1 aliphatic heterocycles. The Morgan fingerprint density at radius 1 is 1.03 bits per heavy atom. The van der Waals surface area contributed by atoms with Crippen LogP contribution in [0.2, 0.25) is 0 Å². The zero-order valence-electron chi connectivity index (χ0n) is 21.4. The summed E-state index contributed by atoms with van der Waals surface area (Å²) in [4.78, 5) is 11.3. The van der Waals surface area contributed by atoms with Crippen LogP contribution in [0.5, 0.6) is 0 Å². The maximum atomic E-state index is 11.3. The van der Waals surface area contributed by atoms with Crippen molar-refractivity contribution in [2.75, 3.05) is 6.61 Å². The molecule has 0 amide bonds. The number of carboxylic acids is 1. The Kier molecular flexibility index (Phi) is 6.90. The predicted octanol–water partition coefficient (Wildman–Crippen LogP) is 7.06. The minimum atomic E-state index is -0.655. The summed E-state index contributed by atoms with van der Waals surface area (Å²) in [5.74, 6) is 3.60. The number of carbonyl (C=O) groups is 1. The molecule has 4 nitrogen and oxygen atoms in total. The first-order valence-electron chi connectivity index (χ1n) is 14.3. The molecule has 5 aliphatic rings. The third-order valence-electron chi connectivity index (χ3n) is 11.7. The van der Waals surface area contributed by atoms with Crippen LogP contribution in [-0.2, 0) is 14.3 Å². The second kappa shape index (κ2) is 9.45. The summed E-state index contributed by atoms with van der Waals surface area (Å²) < 4.78 is 13.1. The van der Waals surface area contributed by atoms with Crippen LogP contribution >= 0.6 is 0 Å². The summed E-state index contributed by atoms with van der Waals surface area (Å²) >= 11 is 0. The van der Waals surface area contributed by atoms with E-state index in [-0.39, 0.29) is 17.8 Å². The lowest BCUT2D eigenvalue weighted by Crippen LogP contribution is -2.59. The van der Waals surface area contributed by atoms with Gasteiger partial charge < -0.3 is 14.6 Å². The van der Waals surface area contributed by atoms with E-state index in [0.29, 0.717) is 23.7 Å². The number of carboxylic acid groups (broad SMARTS) is 1. The first-order chi connectivity index (χ1) is 15.8. The maximum absolute atomic E-state index is 11.3. The minimum absolute atomic E-state index is 0.0353. The van der Waals surface area contributed by atoms with E-state index in [2.05, 4.69) is 20.8 Å². The van der Waals surface area contributed by atoms with E-state index in [4.69, 9.17) is 9.47 Å². The second-order valence-electron chi connectivity index (χ2n) is 13.0. The third kappa shape index (κ3) is 4.20. The molecule has 10 atom stereocenters. The van der Waals surface area contributed by atoms with E-state index in [1.165, 1.54) is 64.2 Å². The summed E-state index contributed by atoms with van der Waals surface area (Å²) in [5.41, 5.74) is 0.641. The quantitative estimate of drug-likeness (QED) is 0.431. The lowest BCUT2D eigenvalue weighted by molar-refractivity contribution is -0.255. The highest BCUT2D eigenvalue weighted by molar-refractivity contribution is 5.66. The summed E-state index contributed by atoms with van der Waals surface area (Å²) in [6, 6.07) is 0. The van der Waals surface area contributed by atoms with Crippen molar-refractivity contribution in [1.29, 1.82) is 0 Å². The lowest BCUT2D eigenvalue weighted by atomic mass is 9.44. The molecule has 5 fully saturated rings. The Hall–Kier alpha value is -0.610. The standard InChI is InChI=1S/C29H48O4/c1-19(10-15-26(30)31)22-13-14-23-21-12-11-20-8-4-6-16-28(20,2)24(21)18-25(29(22,23)3)33-27-9-5-7-17-32-27/h19-25,27H,4-18H2,1-3H3,(H,30,31)/t19-,20+,21+,22-,23+,24+,25+,27?,28+,29-/m1/s1. The number of ether oxygens (including phenoxy) is 2. The molecular formula is C29H48O4. The van der Waals surface area contributed by atoms with Gasteiger partial charge in [0.2, 0.25) is 0 Å². The van der Waals surface area contributed by atoms with Crippen LogP contribution in [0.25, 0.3) is 0 Å². The van der Waals surface area contributed by atoms with Crippen molar-refractivity contribution in [2.24, 2.45) is 46.3 Å². The molecule has 33 heavy (non-hydrogen) atoms. The van der Waals surface area contributed by atoms with Gasteiger partial charge in [-0.15, -0.1) is 0 Å². The molecule has 0 aromatic carbocycles. The summed E-state index contributed by atoms with van der Waals surface area (Å²) in [6.45, 7) is 8.35. The van der Waals surface area contributed by atoms with Gasteiger partial charge in [0.1, 0.15) is 0 Å². The van der Waals surface area contributed by atoms with E-state index in [0.717, 1.165) is 49.5 Å². The van der Waals surface area contributed by atoms with Crippen molar-refractivity contribution in [2.45, 2.75) is 123 Å². The number of aliphatic carboxylic acids is 1. The Morgan fingerprint density at radius 3 is 2.61 bits per heavy atom. The van der Waals surface area contributed by atoms with Crippen LogP contribution in [0, 0.1) is 46.3 Å². The first-order valence-corrected chi connectivity index (χ1v) is 14.3. The van der Waals surface area contributed by atoms with Gasteiger partial charge >= 0.3 is 5.97 Å². The van der Waals surface area contributed by atoms with E-state index in [9.17, 15) is 9.90 Å². The molecule has 0 bridgehead atoms. The molecule has 1 heterocycles.